The van der Waals surface area contributed by atoms with Crippen molar-refractivity contribution in [3.05, 3.63) is 68.2 Å². The minimum atomic E-state index is -0.454. The molecule has 0 N–H and O–H groups in total. The van der Waals surface area contributed by atoms with E-state index in [1.54, 1.807) is 36.4 Å². The van der Waals surface area contributed by atoms with E-state index in [2.05, 4.69) is 15.9 Å². The fraction of sp³-hybridized carbons (Fsp3) is 0.0714. The molecule has 6 heteroatoms. The molecule has 0 spiro atoms. The lowest BCUT2D eigenvalue weighted by atomic mass is 10.2. The minimum absolute atomic E-state index is 0.00289. The van der Waals surface area contributed by atoms with Crippen LogP contribution in [0.3, 0.4) is 0 Å². The molecular weight excluding hydrogens is 324 g/mol. The lowest BCUT2D eigenvalue weighted by molar-refractivity contribution is -0.385. The van der Waals surface area contributed by atoms with Crippen molar-refractivity contribution in [2.75, 3.05) is 0 Å². The third kappa shape index (κ3) is 3.13. The maximum atomic E-state index is 10.8. The van der Waals surface area contributed by atoms with Gasteiger partial charge in [0.1, 0.15) is 16.8 Å². The Morgan fingerprint density at radius 3 is 2.75 bits per heavy atom. The summed E-state index contributed by atoms with van der Waals surface area (Å²) in [5, 5.41) is 19.6. The number of nitro benzene ring substituents is 1. The molecule has 0 unspecified atom stereocenters. The fourth-order valence-electron chi connectivity index (χ4n) is 1.64. The summed E-state index contributed by atoms with van der Waals surface area (Å²) >= 11 is 3.21. The fourth-order valence-corrected chi connectivity index (χ4v) is 2.16. The van der Waals surface area contributed by atoms with Crippen LogP contribution in [0.15, 0.2) is 46.9 Å². The van der Waals surface area contributed by atoms with E-state index in [9.17, 15) is 10.1 Å². The topological polar surface area (TPSA) is 76.2 Å². The highest BCUT2D eigenvalue weighted by molar-refractivity contribution is 9.10. The third-order valence-electron chi connectivity index (χ3n) is 2.61. The van der Waals surface area contributed by atoms with Crippen LogP contribution in [0.5, 0.6) is 5.75 Å². The highest BCUT2D eigenvalue weighted by Crippen LogP contribution is 2.29. The SMILES string of the molecule is N#Cc1cccc(OCc2cccc([N+](=O)[O-])c2Br)c1. The van der Waals surface area contributed by atoms with Gasteiger partial charge in [0.25, 0.3) is 5.69 Å². The number of hydrogen-bond donors (Lipinski definition) is 0. The molecule has 2 aromatic carbocycles. The molecule has 0 atom stereocenters. The van der Waals surface area contributed by atoms with E-state index >= 15 is 0 Å². The second kappa shape index (κ2) is 6.17. The van der Waals surface area contributed by atoms with Gasteiger partial charge in [0.05, 0.1) is 16.6 Å². The van der Waals surface area contributed by atoms with Crippen LogP contribution < -0.4 is 4.74 Å². The average Bonchev–Trinajstić information content (AvgIpc) is 2.46. The predicted molar refractivity (Wildman–Crippen MR) is 76.3 cm³/mol. The van der Waals surface area contributed by atoms with Crippen LogP contribution in [-0.4, -0.2) is 4.92 Å². The maximum absolute atomic E-state index is 10.8. The van der Waals surface area contributed by atoms with Gasteiger partial charge in [-0.05, 0) is 34.1 Å². The Morgan fingerprint density at radius 2 is 2.05 bits per heavy atom. The number of ether oxygens (including phenoxy) is 1. The van der Waals surface area contributed by atoms with Crippen molar-refractivity contribution >= 4 is 21.6 Å². The summed E-state index contributed by atoms with van der Waals surface area (Å²) in [4.78, 5) is 10.4. The summed E-state index contributed by atoms with van der Waals surface area (Å²) in [6, 6.07) is 13.5. The Labute approximate surface area is 123 Å². The van der Waals surface area contributed by atoms with Crippen LogP contribution >= 0.6 is 15.9 Å². The van der Waals surface area contributed by atoms with E-state index in [-0.39, 0.29) is 12.3 Å². The van der Waals surface area contributed by atoms with Gasteiger partial charge in [0.15, 0.2) is 0 Å². The first-order chi connectivity index (χ1) is 9.61. The van der Waals surface area contributed by atoms with Crippen molar-refractivity contribution in [3.8, 4) is 11.8 Å². The van der Waals surface area contributed by atoms with Crippen LogP contribution in [0.4, 0.5) is 5.69 Å². The number of nitriles is 1. The molecular formula is C14H9BrN2O3. The van der Waals surface area contributed by atoms with Crippen molar-refractivity contribution in [2.24, 2.45) is 0 Å². The van der Waals surface area contributed by atoms with E-state index in [0.29, 0.717) is 21.3 Å². The van der Waals surface area contributed by atoms with Crippen molar-refractivity contribution in [1.29, 1.82) is 5.26 Å². The monoisotopic (exact) mass is 332 g/mol. The standard InChI is InChI=1S/C14H9BrN2O3/c15-14-11(4-2-6-13(14)17(18)19)9-20-12-5-1-3-10(7-12)8-16/h1-7H,9H2. The van der Waals surface area contributed by atoms with Gasteiger partial charge in [0, 0.05) is 11.6 Å². The Balaban J connectivity index is 2.17. The summed E-state index contributed by atoms with van der Waals surface area (Å²) in [5.41, 5.74) is 1.17. The third-order valence-corrected chi connectivity index (χ3v) is 3.53. The summed E-state index contributed by atoms with van der Waals surface area (Å²) < 4.78 is 5.95. The number of nitrogens with zero attached hydrogens (tertiary/aromatic N) is 2. The molecule has 0 bridgehead atoms. The molecule has 0 saturated carbocycles. The average molecular weight is 333 g/mol. The quantitative estimate of drug-likeness (QED) is 0.630. The van der Waals surface area contributed by atoms with Gasteiger partial charge in [-0.1, -0.05) is 18.2 Å². The Hall–Kier alpha value is -2.39. The van der Waals surface area contributed by atoms with Gasteiger partial charge in [-0.25, -0.2) is 0 Å². The Morgan fingerprint density at radius 1 is 1.30 bits per heavy atom. The number of halogens is 1. The van der Waals surface area contributed by atoms with Gasteiger partial charge in [0.2, 0.25) is 0 Å². The summed E-state index contributed by atoms with van der Waals surface area (Å²) in [5.74, 6) is 0.544. The van der Waals surface area contributed by atoms with Gasteiger partial charge in [-0.3, -0.25) is 10.1 Å². The van der Waals surface area contributed by atoms with Crippen LogP contribution in [0, 0.1) is 21.4 Å². The second-order valence-corrected chi connectivity index (χ2v) is 4.73. The molecule has 5 nitrogen and oxygen atoms in total. The molecule has 100 valence electrons. The minimum Gasteiger partial charge on any atom is -0.489 e. The largest absolute Gasteiger partial charge is 0.489 e. The highest BCUT2D eigenvalue weighted by atomic mass is 79.9. The van der Waals surface area contributed by atoms with Crippen LogP contribution in [-0.2, 0) is 6.61 Å². The van der Waals surface area contributed by atoms with E-state index < -0.39 is 4.92 Å². The summed E-state index contributed by atoms with van der Waals surface area (Å²) in [6.45, 7) is 0.178. The maximum Gasteiger partial charge on any atom is 0.283 e. The number of benzene rings is 2. The lowest BCUT2D eigenvalue weighted by Crippen LogP contribution is -1.99. The molecule has 0 amide bonds. The molecule has 0 heterocycles. The molecule has 0 radical (unpaired) electrons. The van der Waals surface area contributed by atoms with Crippen LogP contribution in [0.25, 0.3) is 0 Å². The van der Waals surface area contributed by atoms with Gasteiger partial charge in [-0.2, -0.15) is 5.26 Å². The molecule has 2 rings (SSSR count). The molecule has 0 fully saturated rings. The molecule has 0 aromatic heterocycles. The van der Waals surface area contributed by atoms with Gasteiger partial charge in [-0.15, -0.1) is 0 Å². The van der Waals surface area contributed by atoms with Crippen LogP contribution in [0.2, 0.25) is 0 Å². The molecule has 0 aliphatic rings. The molecule has 0 saturated heterocycles. The zero-order valence-corrected chi connectivity index (χ0v) is 11.8. The summed E-state index contributed by atoms with van der Waals surface area (Å²) in [6.07, 6.45) is 0. The lowest BCUT2D eigenvalue weighted by Gasteiger charge is -2.08. The zero-order chi connectivity index (χ0) is 14.5. The van der Waals surface area contributed by atoms with E-state index in [1.165, 1.54) is 6.07 Å². The zero-order valence-electron chi connectivity index (χ0n) is 10.2. The second-order valence-electron chi connectivity index (χ2n) is 3.94. The number of nitro groups is 1. The van der Waals surface area contributed by atoms with E-state index in [0.717, 1.165) is 0 Å². The molecule has 0 aliphatic heterocycles. The number of rotatable bonds is 4. The highest BCUT2D eigenvalue weighted by Gasteiger charge is 2.14. The first-order valence-electron chi connectivity index (χ1n) is 5.66. The van der Waals surface area contributed by atoms with Gasteiger partial charge < -0.3 is 4.74 Å². The van der Waals surface area contributed by atoms with Crippen molar-refractivity contribution in [3.63, 3.8) is 0 Å². The van der Waals surface area contributed by atoms with Crippen molar-refractivity contribution < 1.29 is 9.66 Å². The van der Waals surface area contributed by atoms with Crippen molar-refractivity contribution in [1.82, 2.24) is 0 Å². The smallest absolute Gasteiger partial charge is 0.283 e. The normalized spacial score (nSPS) is 9.80. The van der Waals surface area contributed by atoms with E-state index in [1.807, 2.05) is 6.07 Å². The predicted octanol–water partition coefficient (Wildman–Crippen LogP) is 3.81. The summed E-state index contributed by atoms with van der Waals surface area (Å²) in [7, 11) is 0. The molecule has 2 aromatic rings. The first kappa shape index (κ1) is 14.0. The molecule has 0 aliphatic carbocycles. The molecule has 20 heavy (non-hydrogen) atoms. The Bertz CT molecular complexity index is 695. The Kier molecular flexibility index (Phi) is 4.33. The van der Waals surface area contributed by atoms with Gasteiger partial charge >= 0.3 is 0 Å². The van der Waals surface area contributed by atoms with Crippen LogP contribution in [0.1, 0.15) is 11.1 Å². The first-order valence-corrected chi connectivity index (χ1v) is 6.46. The van der Waals surface area contributed by atoms with Crippen molar-refractivity contribution in [2.45, 2.75) is 6.61 Å². The van der Waals surface area contributed by atoms with E-state index in [4.69, 9.17) is 10.00 Å². The number of hydrogen-bond acceptors (Lipinski definition) is 4.